The van der Waals surface area contributed by atoms with Gasteiger partial charge in [-0.25, -0.2) is 0 Å². The summed E-state index contributed by atoms with van der Waals surface area (Å²) in [7, 11) is 2.22. The molecule has 0 spiro atoms. The van der Waals surface area contributed by atoms with Crippen LogP contribution in [-0.4, -0.2) is 17.7 Å². The van der Waals surface area contributed by atoms with Crippen molar-refractivity contribution in [2.24, 2.45) is 7.05 Å². The second kappa shape index (κ2) is 4.68. The third-order valence-corrected chi connectivity index (χ3v) is 4.97. The number of aryl methyl sites for hydroxylation is 3. The molecule has 0 amide bonds. The lowest BCUT2D eigenvalue weighted by atomic mass is 9.88. The Labute approximate surface area is 115 Å². The zero-order chi connectivity index (χ0) is 13.6. The van der Waals surface area contributed by atoms with Gasteiger partial charge < -0.3 is 9.88 Å². The van der Waals surface area contributed by atoms with Crippen LogP contribution in [-0.2, 0) is 7.05 Å². The molecule has 0 aliphatic carbocycles. The number of rotatable bonds is 1. The van der Waals surface area contributed by atoms with Crippen molar-refractivity contribution >= 4 is 10.9 Å². The average Bonchev–Trinajstić information content (AvgIpc) is 2.68. The molecule has 1 saturated heterocycles. The van der Waals surface area contributed by atoms with Crippen LogP contribution in [0.25, 0.3) is 10.9 Å². The molecule has 2 nitrogen and oxygen atoms in total. The molecule has 102 valence electrons. The van der Waals surface area contributed by atoms with Crippen LogP contribution in [0.5, 0.6) is 0 Å². The topological polar surface area (TPSA) is 17.0 Å². The number of piperidine rings is 1. The fourth-order valence-electron chi connectivity index (χ4n) is 3.62. The Morgan fingerprint density at radius 3 is 2.47 bits per heavy atom. The van der Waals surface area contributed by atoms with Gasteiger partial charge in [-0.05, 0) is 69.3 Å². The zero-order valence-corrected chi connectivity index (χ0v) is 12.5. The Balaban J connectivity index is 2.24. The fraction of sp³-hybridized carbons (Fsp3) is 0.529. The van der Waals surface area contributed by atoms with E-state index in [1.807, 2.05) is 0 Å². The summed E-state index contributed by atoms with van der Waals surface area (Å²) in [6.45, 7) is 9.06. The highest BCUT2D eigenvalue weighted by Gasteiger charge is 2.23. The van der Waals surface area contributed by atoms with Gasteiger partial charge in [-0.3, -0.25) is 0 Å². The SMILES string of the molecule is Cc1ccc2c(C3CCNCC3)c(C)n(C)c2c1C. The summed E-state index contributed by atoms with van der Waals surface area (Å²) >= 11 is 0. The number of benzene rings is 1. The van der Waals surface area contributed by atoms with Gasteiger partial charge in [-0.1, -0.05) is 12.1 Å². The molecular formula is C17H24N2. The van der Waals surface area contributed by atoms with E-state index in [4.69, 9.17) is 0 Å². The lowest BCUT2D eigenvalue weighted by molar-refractivity contribution is 0.460. The standard InChI is InChI=1S/C17H24N2/c1-11-5-6-15-16(14-7-9-18-10-8-14)13(3)19(4)17(15)12(11)2/h5-6,14,18H,7-10H2,1-4H3. The number of hydrogen-bond acceptors (Lipinski definition) is 1. The first-order valence-corrected chi connectivity index (χ1v) is 7.37. The minimum absolute atomic E-state index is 0.729. The van der Waals surface area contributed by atoms with Gasteiger partial charge in [0.1, 0.15) is 0 Å². The van der Waals surface area contributed by atoms with Crippen LogP contribution >= 0.6 is 0 Å². The minimum atomic E-state index is 0.729. The van der Waals surface area contributed by atoms with E-state index in [1.54, 1.807) is 5.56 Å². The molecule has 19 heavy (non-hydrogen) atoms. The largest absolute Gasteiger partial charge is 0.347 e. The van der Waals surface area contributed by atoms with Gasteiger partial charge in [0.15, 0.2) is 0 Å². The maximum absolute atomic E-state index is 3.47. The molecule has 0 radical (unpaired) electrons. The summed E-state index contributed by atoms with van der Waals surface area (Å²) in [6, 6.07) is 4.61. The Kier molecular flexibility index (Phi) is 3.14. The smallest absolute Gasteiger partial charge is 0.0515 e. The molecule has 0 bridgehead atoms. The summed E-state index contributed by atoms with van der Waals surface area (Å²) in [5.41, 5.74) is 7.32. The summed E-state index contributed by atoms with van der Waals surface area (Å²) in [6.07, 6.45) is 2.54. The van der Waals surface area contributed by atoms with Crippen molar-refractivity contribution in [2.45, 2.75) is 39.5 Å². The number of fused-ring (bicyclic) bond motifs is 1. The van der Waals surface area contributed by atoms with Crippen molar-refractivity contribution in [1.82, 2.24) is 9.88 Å². The van der Waals surface area contributed by atoms with Crippen LogP contribution in [0.4, 0.5) is 0 Å². The quantitative estimate of drug-likeness (QED) is 0.825. The van der Waals surface area contributed by atoms with E-state index in [9.17, 15) is 0 Å². The first-order valence-electron chi connectivity index (χ1n) is 7.37. The van der Waals surface area contributed by atoms with Crippen molar-refractivity contribution < 1.29 is 0 Å². The third-order valence-electron chi connectivity index (χ3n) is 4.97. The molecule has 2 aromatic rings. The second-order valence-corrected chi connectivity index (χ2v) is 5.99. The molecule has 0 unspecified atom stereocenters. The van der Waals surface area contributed by atoms with E-state index >= 15 is 0 Å². The lowest BCUT2D eigenvalue weighted by Gasteiger charge is -2.23. The van der Waals surface area contributed by atoms with E-state index in [-0.39, 0.29) is 0 Å². The van der Waals surface area contributed by atoms with E-state index in [1.165, 1.54) is 40.6 Å². The molecule has 0 saturated carbocycles. The first kappa shape index (κ1) is 12.7. The normalized spacial score (nSPS) is 17.3. The van der Waals surface area contributed by atoms with Gasteiger partial charge >= 0.3 is 0 Å². The monoisotopic (exact) mass is 256 g/mol. The molecule has 1 aliphatic rings. The molecule has 2 heterocycles. The highest BCUT2D eigenvalue weighted by Crippen LogP contribution is 2.37. The number of nitrogens with one attached hydrogen (secondary N) is 1. The predicted molar refractivity (Wildman–Crippen MR) is 82.0 cm³/mol. The average molecular weight is 256 g/mol. The second-order valence-electron chi connectivity index (χ2n) is 5.99. The van der Waals surface area contributed by atoms with Crippen LogP contribution in [0.3, 0.4) is 0 Å². The van der Waals surface area contributed by atoms with E-state index in [0.717, 1.165) is 19.0 Å². The molecule has 0 atom stereocenters. The molecule has 3 rings (SSSR count). The molecule has 1 aliphatic heterocycles. The van der Waals surface area contributed by atoms with E-state index in [2.05, 4.69) is 49.8 Å². The first-order chi connectivity index (χ1) is 9.11. The van der Waals surface area contributed by atoms with Crippen LogP contribution in [0.1, 0.15) is 41.1 Å². The van der Waals surface area contributed by atoms with Gasteiger partial charge in [0.05, 0.1) is 5.52 Å². The summed E-state index contributed by atoms with van der Waals surface area (Å²) in [5.74, 6) is 0.729. The number of nitrogens with zero attached hydrogens (tertiary/aromatic N) is 1. The zero-order valence-electron chi connectivity index (χ0n) is 12.5. The van der Waals surface area contributed by atoms with Gasteiger partial charge in [-0.2, -0.15) is 0 Å². The van der Waals surface area contributed by atoms with E-state index in [0.29, 0.717) is 0 Å². The third kappa shape index (κ3) is 1.90. The highest BCUT2D eigenvalue weighted by atomic mass is 15.0. The van der Waals surface area contributed by atoms with Crippen LogP contribution in [0.15, 0.2) is 12.1 Å². The maximum atomic E-state index is 3.47. The highest BCUT2D eigenvalue weighted by molar-refractivity contribution is 5.89. The Hall–Kier alpha value is -1.28. The van der Waals surface area contributed by atoms with Crippen LogP contribution in [0, 0.1) is 20.8 Å². The molecule has 1 N–H and O–H groups in total. The molecule has 1 aromatic carbocycles. The van der Waals surface area contributed by atoms with Gasteiger partial charge in [0, 0.05) is 18.1 Å². The predicted octanol–water partition coefficient (Wildman–Crippen LogP) is 3.57. The van der Waals surface area contributed by atoms with Gasteiger partial charge in [0.2, 0.25) is 0 Å². The van der Waals surface area contributed by atoms with E-state index < -0.39 is 0 Å². The van der Waals surface area contributed by atoms with Gasteiger partial charge in [-0.15, -0.1) is 0 Å². The minimum Gasteiger partial charge on any atom is -0.347 e. The van der Waals surface area contributed by atoms with Crippen molar-refractivity contribution in [3.63, 3.8) is 0 Å². The van der Waals surface area contributed by atoms with Crippen molar-refractivity contribution in [3.8, 4) is 0 Å². The van der Waals surface area contributed by atoms with Crippen molar-refractivity contribution in [2.75, 3.05) is 13.1 Å². The molecular weight excluding hydrogens is 232 g/mol. The van der Waals surface area contributed by atoms with Crippen molar-refractivity contribution in [3.05, 3.63) is 34.5 Å². The number of hydrogen-bond donors (Lipinski definition) is 1. The van der Waals surface area contributed by atoms with Crippen LogP contribution < -0.4 is 5.32 Å². The summed E-state index contributed by atoms with van der Waals surface area (Å²) < 4.78 is 2.40. The Morgan fingerprint density at radius 1 is 1.11 bits per heavy atom. The molecule has 2 heteroatoms. The number of aromatic nitrogens is 1. The summed E-state index contributed by atoms with van der Waals surface area (Å²) in [4.78, 5) is 0. The fourth-order valence-corrected chi connectivity index (χ4v) is 3.62. The van der Waals surface area contributed by atoms with Crippen LogP contribution in [0.2, 0.25) is 0 Å². The van der Waals surface area contributed by atoms with Gasteiger partial charge in [0.25, 0.3) is 0 Å². The maximum Gasteiger partial charge on any atom is 0.0515 e. The molecule has 1 fully saturated rings. The Bertz CT molecular complexity index is 616. The Morgan fingerprint density at radius 2 is 1.79 bits per heavy atom. The van der Waals surface area contributed by atoms with Crippen molar-refractivity contribution in [1.29, 1.82) is 0 Å². The summed E-state index contributed by atoms with van der Waals surface area (Å²) in [5, 5.41) is 4.95. The molecule has 1 aromatic heterocycles. The lowest BCUT2D eigenvalue weighted by Crippen LogP contribution is -2.26.